The Morgan fingerprint density at radius 3 is 2.32 bits per heavy atom. The summed E-state index contributed by atoms with van der Waals surface area (Å²) in [6, 6.07) is 14.3. The van der Waals surface area contributed by atoms with E-state index in [1.54, 1.807) is 23.1 Å². The summed E-state index contributed by atoms with van der Waals surface area (Å²) >= 11 is 0. The monoisotopic (exact) mass is 470 g/mol. The smallest absolute Gasteiger partial charge is 0.355 e. The Balaban J connectivity index is 1.20. The number of hydrogen-bond donors (Lipinski definition) is 0. The second-order valence-electron chi connectivity index (χ2n) is 7.55. The number of pyridine rings is 1. The molecule has 0 saturated carbocycles. The summed E-state index contributed by atoms with van der Waals surface area (Å²) in [6.07, 6.45) is -3.32. The van der Waals surface area contributed by atoms with Crippen molar-refractivity contribution in [2.45, 2.75) is 6.18 Å². The van der Waals surface area contributed by atoms with Crippen LogP contribution in [0.5, 0.6) is 0 Å². The first-order valence-corrected chi connectivity index (χ1v) is 10.3. The normalized spacial score (nSPS) is 14.4. The summed E-state index contributed by atoms with van der Waals surface area (Å²) in [5, 5.41) is 7.27. The van der Waals surface area contributed by atoms with E-state index in [2.05, 4.69) is 24.8 Å². The van der Waals surface area contributed by atoms with Crippen LogP contribution in [0.4, 0.5) is 19.0 Å². The summed E-state index contributed by atoms with van der Waals surface area (Å²) in [5.41, 5.74) is 1.38. The van der Waals surface area contributed by atoms with Crippen molar-refractivity contribution in [3.8, 4) is 22.7 Å². The van der Waals surface area contributed by atoms with E-state index in [4.69, 9.17) is 4.52 Å². The van der Waals surface area contributed by atoms with Crippen molar-refractivity contribution in [1.29, 1.82) is 0 Å². The number of carbonyl (C=O) groups excluding carboxylic acids is 1. The highest BCUT2D eigenvalue weighted by Gasteiger charge is 2.38. The van der Waals surface area contributed by atoms with Crippen LogP contribution in [0.15, 0.2) is 63.8 Å². The fraction of sp³-hybridized carbons (Fsp3) is 0.227. The van der Waals surface area contributed by atoms with Crippen LogP contribution in [0, 0.1) is 0 Å². The first-order chi connectivity index (χ1) is 16.4. The van der Waals surface area contributed by atoms with Crippen LogP contribution in [0.1, 0.15) is 16.4 Å². The van der Waals surface area contributed by atoms with E-state index in [1.807, 2.05) is 35.2 Å². The van der Waals surface area contributed by atoms with E-state index in [0.717, 1.165) is 5.56 Å². The molecule has 0 N–H and O–H groups in total. The highest BCUT2D eigenvalue weighted by atomic mass is 19.4. The zero-order valence-electron chi connectivity index (χ0n) is 17.6. The molecular formula is C22H17F3N6O3. The van der Waals surface area contributed by atoms with Crippen molar-refractivity contribution < 1.29 is 27.0 Å². The number of hydrogen-bond acceptors (Lipinski definition) is 8. The average molecular weight is 470 g/mol. The minimum atomic E-state index is -4.70. The Hall–Kier alpha value is -4.22. The molecule has 0 aliphatic carbocycles. The highest BCUT2D eigenvalue weighted by Crippen LogP contribution is 2.29. The number of benzene rings is 1. The van der Waals surface area contributed by atoms with Gasteiger partial charge < -0.3 is 18.8 Å². The topological polar surface area (TPSA) is 101 Å². The number of halogens is 3. The van der Waals surface area contributed by atoms with E-state index < -0.39 is 12.1 Å². The second-order valence-corrected chi connectivity index (χ2v) is 7.55. The van der Waals surface area contributed by atoms with Crippen LogP contribution >= 0.6 is 0 Å². The quantitative estimate of drug-likeness (QED) is 0.444. The molecule has 0 unspecified atom stereocenters. The number of amides is 1. The fourth-order valence-corrected chi connectivity index (χ4v) is 3.58. The Bertz CT molecular complexity index is 1280. The summed E-state index contributed by atoms with van der Waals surface area (Å²) < 4.78 is 47.5. The molecule has 0 spiro atoms. The van der Waals surface area contributed by atoms with E-state index in [9.17, 15) is 18.0 Å². The molecule has 1 aromatic carbocycles. The minimum Gasteiger partial charge on any atom is -0.355 e. The second kappa shape index (κ2) is 8.61. The van der Waals surface area contributed by atoms with Crippen molar-refractivity contribution in [2.75, 3.05) is 31.1 Å². The summed E-state index contributed by atoms with van der Waals surface area (Å²) in [5.74, 6) is -0.662. The van der Waals surface area contributed by atoms with Crippen molar-refractivity contribution in [3.63, 3.8) is 0 Å². The zero-order chi connectivity index (χ0) is 23.7. The lowest BCUT2D eigenvalue weighted by atomic mass is 10.1. The van der Waals surface area contributed by atoms with E-state index in [-0.39, 0.29) is 17.4 Å². The molecule has 0 bridgehead atoms. The molecule has 1 saturated heterocycles. The number of rotatable bonds is 4. The molecule has 9 nitrogen and oxygen atoms in total. The molecule has 12 heteroatoms. The fourth-order valence-electron chi connectivity index (χ4n) is 3.58. The number of aromatic nitrogens is 4. The number of piperazine rings is 1. The summed E-state index contributed by atoms with van der Waals surface area (Å²) in [6.45, 7) is 1.97. The number of carbonyl (C=O) groups is 1. The third kappa shape index (κ3) is 4.34. The summed E-state index contributed by atoms with van der Waals surface area (Å²) in [7, 11) is 0. The third-order valence-electron chi connectivity index (χ3n) is 5.35. The van der Waals surface area contributed by atoms with Gasteiger partial charge in [0.15, 0.2) is 11.5 Å². The molecule has 4 heterocycles. The van der Waals surface area contributed by atoms with Gasteiger partial charge in [-0.05, 0) is 12.1 Å². The lowest BCUT2D eigenvalue weighted by Gasteiger charge is -2.35. The van der Waals surface area contributed by atoms with Gasteiger partial charge >= 0.3 is 12.1 Å². The molecule has 34 heavy (non-hydrogen) atoms. The number of anilines is 1. The van der Waals surface area contributed by atoms with Crippen molar-refractivity contribution in [2.24, 2.45) is 0 Å². The maximum absolute atomic E-state index is 12.8. The van der Waals surface area contributed by atoms with Gasteiger partial charge in [0.1, 0.15) is 5.82 Å². The molecular weight excluding hydrogens is 453 g/mol. The van der Waals surface area contributed by atoms with Crippen molar-refractivity contribution in [1.82, 2.24) is 25.2 Å². The SMILES string of the molecule is O=C(c1cc(-c2ccccc2)on1)N1CCN(c2ccc(-c3noc(C(F)(F)F)n3)cn2)CC1. The molecule has 1 fully saturated rings. The third-order valence-corrected chi connectivity index (χ3v) is 5.35. The van der Waals surface area contributed by atoms with Gasteiger partial charge in [-0.3, -0.25) is 4.79 Å². The predicted molar refractivity (Wildman–Crippen MR) is 113 cm³/mol. The van der Waals surface area contributed by atoms with Crippen LogP contribution in [0.2, 0.25) is 0 Å². The van der Waals surface area contributed by atoms with Gasteiger partial charge in [0.25, 0.3) is 5.91 Å². The molecule has 0 atom stereocenters. The number of nitrogens with zero attached hydrogens (tertiary/aromatic N) is 6. The van der Waals surface area contributed by atoms with Crippen LogP contribution in [-0.2, 0) is 6.18 Å². The van der Waals surface area contributed by atoms with E-state index in [0.29, 0.717) is 43.3 Å². The van der Waals surface area contributed by atoms with Gasteiger partial charge in [-0.1, -0.05) is 40.6 Å². The predicted octanol–water partition coefficient (Wildman–Crippen LogP) is 3.77. The largest absolute Gasteiger partial charge is 0.471 e. The van der Waals surface area contributed by atoms with Gasteiger partial charge in [0, 0.05) is 49.6 Å². The Morgan fingerprint density at radius 1 is 0.912 bits per heavy atom. The Morgan fingerprint density at radius 2 is 1.68 bits per heavy atom. The average Bonchev–Trinajstić information content (AvgIpc) is 3.55. The van der Waals surface area contributed by atoms with Crippen LogP contribution in [0.25, 0.3) is 22.7 Å². The van der Waals surface area contributed by atoms with Gasteiger partial charge in [0.2, 0.25) is 5.82 Å². The van der Waals surface area contributed by atoms with E-state index in [1.165, 1.54) is 6.20 Å². The molecule has 4 aromatic rings. The highest BCUT2D eigenvalue weighted by molar-refractivity contribution is 5.93. The minimum absolute atomic E-state index is 0.190. The molecule has 5 rings (SSSR count). The first kappa shape index (κ1) is 21.6. The maximum atomic E-state index is 12.8. The van der Waals surface area contributed by atoms with Gasteiger partial charge in [-0.25, -0.2) is 4.98 Å². The van der Waals surface area contributed by atoms with E-state index >= 15 is 0 Å². The molecule has 1 amide bonds. The van der Waals surface area contributed by atoms with Gasteiger partial charge in [-0.2, -0.15) is 18.2 Å². The Kier molecular flexibility index (Phi) is 5.48. The first-order valence-electron chi connectivity index (χ1n) is 10.3. The van der Waals surface area contributed by atoms with Crippen LogP contribution in [0.3, 0.4) is 0 Å². The van der Waals surface area contributed by atoms with Gasteiger partial charge in [0.05, 0.1) is 0 Å². The van der Waals surface area contributed by atoms with Crippen molar-refractivity contribution >= 4 is 11.7 Å². The number of alkyl halides is 3. The van der Waals surface area contributed by atoms with Gasteiger partial charge in [-0.15, -0.1) is 0 Å². The van der Waals surface area contributed by atoms with Crippen LogP contribution < -0.4 is 4.90 Å². The standard InChI is InChI=1S/C22H17F3N6O3/c23-22(24,25)21-27-19(29-34-21)15-6-7-18(26-13-15)30-8-10-31(11-9-30)20(32)16-12-17(33-28-16)14-4-2-1-3-5-14/h1-7,12-13H,8-11H2. The zero-order valence-corrected chi connectivity index (χ0v) is 17.6. The molecule has 1 aliphatic heterocycles. The lowest BCUT2D eigenvalue weighted by molar-refractivity contribution is -0.159. The molecule has 0 radical (unpaired) electrons. The molecule has 174 valence electrons. The maximum Gasteiger partial charge on any atom is 0.471 e. The Labute approximate surface area is 190 Å². The van der Waals surface area contributed by atoms with Crippen LogP contribution in [-0.4, -0.2) is 57.3 Å². The lowest BCUT2D eigenvalue weighted by Crippen LogP contribution is -2.49. The molecule has 1 aliphatic rings. The van der Waals surface area contributed by atoms with Crippen molar-refractivity contribution in [3.05, 3.63) is 66.3 Å². The molecule has 3 aromatic heterocycles. The summed E-state index contributed by atoms with van der Waals surface area (Å²) in [4.78, 5) is 24.2.